The molecule has 0 bridgehead atoms. The number of hydrogen-bond donors (Lipinski definition) is 0. The zero-order chi connectivity index (χ0) is 6.85. The fourth-order valence-corrected chi connectivity index (χ4v) is 0.532. The van der Waals surface area contributed by atoms with Gasteiger partial charge in [-0.15, -0.1) is 6.07 Å². The SMILES string of the molecule is Fc1[c-]cc(Cl)c(F)c1.[Li+]. The second kappa shape index (κ2) is 3.97. The van der Waals surface area contributed by atoms with E-state index in [-0.39, 0.29) is 23.9 Å². The molecule has 0 saturated heterocycles. The number of rotatable bonds is 0. The Labute approximate surface area is 74.4 Å². The van der Waals surface area contributed by atoms with Gasteiger partial charge in [0, 0.05) is 11.6 Å². The fraction of sp³-hybridized carbons (Fsp3) is 0. The summed E-state index contributed by atoms with van der Waals surface area (Å²) in [5.41, 5.74) is 0. The molecular formula is C6H2ClF2Li. The van der Waals surface area contributed by atoms with Crippen LogP contribution in [0.25, 0.3) is 0 Å². The average molecular weight is 154 g/mol. The minimum absolute atomic E-state index is 0. The summed E-state index contributed by atoms with van der Waals surface area (Å²) < 4.78 is 24.2. The van der Waals surface area contributed by atoms with Crippen LogP contribution in [0.2, 0.25) is 5.02 Å². The molecule has 0 nitrogen and oxygen atoms in total. The Hall–Kier alpha value is -0.0326. The van der Waals surface area contributed by atoms with Crippen LogP contribution in [0.15, 0.2) is 12.1 Å². The molecule has 0 spiro atoms. The van der Waals surface area contributed by atoms with Crippen LogP contribution in [0.5, 0.6) is 0 Å². The third-order valence-corrected chi connectivity index (χ3v) is 1.11. The predicted molar refractivity (Wildman–Crippen MR) is 30.2 cm³/mol. The third kappa shape index (κ3) is 2.30. The number of halogens is 3. The number of hydrogen-bond acceptors (Lipinski definition) is 0. The largest absolute Gasteiger partial charge is 1.00 e. The van der Waals surface area contributed by atoms with Crippen molar-refractivity contribution < 1.29 is 27.6 Å². The summed E-state index contributed by atoms with van der Waals surface area (Å²) in [7, 11) is 0. The van der Waals surface area contributed by atoms with Gasteiger partial charge < -0.3 is 0 Å². The van der Waals surface area contributed by atoms with Gasteiger partial charge in [0.05, 0.1) is 0 Å². The summed E-state index contributed by atoms with van der Waals surface area (Å²) in [4.78, 5) is 0. The first kappa shape index (κ1) is 9.97. The van der Waals surface area contributed by atoms with E-state index in [1.165, 1.54) is 0 Å². The van der Waals surface area contributed by atoms with Gasteiger partial charge in [-0.25, -0.2) is 8.78 Å². The molecule has 0 atom stereocenters. The van der Waals surface area contributed by atoms with Crippen LogP contribution < -0.4 is 18.9 Å². The second-order valence-corrected chi connectivity index (χ2v) is 1.88. The van der Waals surface area contributed by atoms with E-state index in [4.69, 9.17) is 11.6 Å². The van der Waals surface area contributed by atoms with Crippen molar-refractivity contribution in [2.45, 2.75) is 0 Å². The molecule has 0 amide bonds. The van der Waals surface area contributed by atoms with E-state index in [1.54, 1.807) is 0 Å². The van der Waals surface area contributed by atoms with Crippen molar-refractivity contribution >= 4 is 11.6 Å². The van der Waals surface area contributed by atoms with Crippen molar-refractivity contribution in [2.24, 2.45) is 0 Å². The van der Waals surface area contributed by atoms with Crippen LogP contribution >= 0.6 is 11.6 Å². The maximum Gasteiger partial charge on any atom is 1.00 e. The van der Waals surface area contributed by atoms with Gasteiger partial charge in [-0.1, -0.05) is 6.07 Å². The van der Waals surface area contributed by atoms with Gasteiger partial charge in [-0.2, -0.15) is 17.7 Å². The van der Waals surface area contributed by atoms with E-state index in [2.05, 4.69) is 6.07 Å². The molecule has 0 aliphatic rings. The molecule has 4 heteroatoms. The van der Waals surface area contributed by atoms with Gasteiger partial charge in [-0.3, -0.25) is 0 Å². The van der Waals surface area contributed by atoms with Crippen molar-refractivity contribution in [1.82, 2.24) is 0 Å². The zero-order valence-corrected chi connectivity index (χ0v) is 6.04. The number of benzene rings is 1. The molecule has 0 radical (unpaired) electrons. The summed E-state index contributed by atoms with van der Waals surface area (Å²) in [5, 5.41) is -0.114. The van der Waals surface area contributed by atoms with E-state index >= 15 is 0 Å². The Balaban J connectivity index is 0.000000810. The standard InChI is InChI=1S/C6H2ClF2.Li/c7-5-2-1-4(8)3-6(5)9;/h2-3H;/q-1;+1. The summed E-state index contributed by atoms with van der Waals surface area (Å²) >= 11 is 5.21. The Bertz CT molecular complexity index is 227. The van der Waals surface area contributed by atoms with Crippen molar-refractivity contribution in [3.63, 3.8) is 0 Å². The van der Waals surface area contributed by atoms with Crippen molar-refractivity contribution in [2.75, 3.05) is 0 Å². The normalized spacial score (nSPS) is 8.70. The van der Waals surface area contributed by atoms with Crippen LogP contribution in [0.4, 0.5) is 8.78 Å². The van der Waals surface area contributed by atoms with Crippen LogP contribution in [0, 0.1) is 17.7 Å². The summed E-state index contributed by atoms with van der Waals surface area (Å²) in [6.07, 6.45) is 0. The predicted octanol–water partition coefficient (Wildman–Crippen LogP) is -0.578. The zero-order valence-electron chi connectivity index (χ0n) is 5.29. The van der Waals surface area contributed by atoms with Crippen molar-refractivity contribution in [3.05, 3.63) is 34.9 Å². The van der Waals surface area contributed by atoms with E-state index in [0.717, 1.165) is 6.07 Å². The summed E-state index contributed by atoms with van der Waals surface area (Å²) in [6, 6.07) is 3.83. The summed E-state index contributed by atoms with van der Waals surface area (Å²) in [6.45, 7) is 0. The molecule has 1 aromatic carbocycles. The molecule has 0 heterocycles. The molecule has 1 rings (SSSR count). The van der Waals surface area contributed by atoms with E-state index in [0.29, 0.717) is 6.07 Å². The smallest absolute Gasteiger partial charge is 0.236 e. The first-order valence-electron chi connectivity index (χ1n) is 2.22. The molecule has 0 fully saturated rings. The molecule has 0 N–H and O–H groups in total. The molecule has 48 valence electrons. The molecular weight excluding hydrogens is 152 g/mol. The molecule has 0 aromatic heterocycles. The van der Waals surface area contributed by atoms with Crippen LogP contribution in [-0.4, -0.2) is 0 Å². The Kier molecular flexibility index (Phi) is 3.96. The minimum atomic E-state index is -0.757. The Morgan fingerprint density at radius 1 is 1.40 bits per heavy atom. The van der Waals surface area contributed by atoms with Gasteiger partial charge in [-0.05, 0) is 5.02 Å². The van der Waals surface area contributed by atoms with E-state index in [1.807, 2.05) is 0 Å². The first-order chi connectivity index (χ1) is 4.20. The van der Waals surface area contributed by atoms with Gasteiger partial charge >= 0.3 is 18.9 Å². The second-order valence-electron chi connectivity index (χ2n) is 1.48. The topological polar surface area (TPSA) is 0 Å². The maximum atomic E-state index is 12.2. The monoisotopic (exact) mass is 154 g/mol. The summed E-state index contributed by atoms with van der Waals surface area (Å²) in [5.74, 6) is -1.50. The van der Waals surface area contributed by atoms with Gasteiger partial charge in [0.2, 0.25) is 0 Å². The average Bonchev–Trinajstić information content (AvgIpc) is 1.80. The van der Waals surface area contributed by atoms with Gasteiger partial charge in [0.25, 0.3) is 0 Å². The van der Waals surface area contributed by atoms with Crippen molar-refractivity contribution in [1.29, 1.82) is 0 Å². The van der Waals surface area contributed by atoms with Crippen LogP contribution in [-0.2, 0) is 0 Å². The fourth-order valence-electron chi connectivity index (χ4n) is 0.423. The molecule has 0 saturated carbocycles. The van der Waals surface area contributed by atoms with Gasteiger partial charge in [0.15, 0.2) is 0 Å². The Morgan fingerprint density at radius 2 is 2.00 bits per heavy atom. The maximum absolute atomic E-state index is 12.2. The quantitative estimate of drug-likeness (QED) is 0.267. The first-order valence-corrected chi connectivity index (χ1v) is 2.60. The van der Waals surface area contributed by atoms with E-state index in [9.17, 15) is 8.78 Å². The molecule has 0 unspecified atom stereocenters. The molecule has 0 aliphatic heterocycles. The van der Waals surface area contributed by atoms with E-state index < -0.39 is 11.6 Å². The Morgan fingerprint density at radius 3 is 2.40 bits per heavy atom. The molecule has 1 aromatic rings. The molecule has 10 heavy (non-hydrogen) atoms. The van der Waals surface area contributed by atoms with Crippen molar-refractivity contribution in [3.8, 4) is 0 Å². The van der Waals surface area contributed by atoms with Crippen LogP contribution in [0.3, 0.4) is 0 Å². The van der Waals surface area contributed by atoms with Gasteiger partial charge in [0.1, 0.15) is 0 Å². The van der Waals surface area contributed by atoms with Crippen LogP contribution in [0.1, 0.15) is 0 Å². The minimum Gasteiger partial charge on any atom is -0.236 e. The molecule has 0 aliphatic carbocycles. The third-order valence-electron chi connectivity index (χ3n) is 0.818.